The van der Waals surface area contributed by atoms with E-state index in [-0.39, 0.29) is 5.41 Å². The van der Waals surface area contributed by atoms with Crippen molar-refractivity contribution in [3.05, 3.63) is 22.2 Å². The first kappa shape index (κ1) is 11.0. The third-order valence-corrected chi connectivity index (χ3v) is 3.44. The minimum absolute atomic E-state index is 0.0919. The molecule has 82 valence electrons. The number of rotatable bonds is 3. The molecule has 4 heteroatoms. The van der Waals surface area contributed by atoms with Gasteiger partial charge < -0.3 is 5.73 Å². The zero-order chi connectivity index (χ0) is 11.1. The van der Waals surface area contributed by atoms with Gasteiger partial charge >= 0.3 is 0 Å². The van der Waals surface area contributed by atoms with Crippen LogP contribution in [0, 0.1) is 0 Å². The van der Waals surface area contributed by atoms with Crippen LogP contribution in [0.3, 0.4) is 0 Å². The van der Waals surface area contributed by atoms with Gasteiger partial charge in [-0.05, 0) is 28.8 Å². The molecule has 1 fully saturated rings. The molecule has 0 bridgehead atoms. The number of halogens is 1. The van der Waals surface area contributed by atoms with Crippen LogP contribution in [0.15, 0.2) is 10.7 Å². The molecule has 3 nitrogen and oxygen atoms in total. The van der Waals surface area contributed by atoms with E-state index < -0.39 is 0 Å². The highest BCUT2D eigenvalue weighted by Crippen LogP contribution is 2.39. The van der Waals surface area contributed by atoms with Gasteiger partial charge in [-0.25, -0.2) is 9.97 Å². The lowest BCUT2D eigenvalue weighted by Gasteiger charge is -2.23. The van der Waals surface area contributed by atoms with Gasteiger partial charge in [0.1, 0.15) is 5.82 Å². The molecule has 0 unspecified atom stereocenters. The van der Waals surface area contributed by atoms with Crippen LogP contribution in [-0.4, -0.2) is 16.5 Å². The largest absolute Gasteiger partial charge is 0.330 e. The number of nitrogens with zero attached hydrogens (tertiary/aromatic N) is 2. The summed E-state index contributed by atoms with van der Waals surface area (Å²) in [6.45, 7) is 4.81. The van der Waals surface area contributed by atoms with Gasteiger partial charge in [-0.15, -0.1) is 0 Å². The number of hydrogen-bond acceptors (Lipinski definition) is 3. The van der Waals surface area contributed by atoms with Crippen LogP contribution in [0.2, 0.25) is 0 Å². The topological polar surface area (TPSA) is 51.8 Å². The van der Waals surface area contributed by atoms with Gasteiger partial charge in [-0.3, -0.25) is 0 Å². The van der Waals surface area contributed by atoms with Gasteiger partial charge in [0.25, 0.3) is 0 Å². The molecule has 1 saturated carbocycles. The molecule has 0 radical (unpaired) electrons. The van der Waals surface area contributed by atoms with Crippen LogP contribution in [0.1, 0.15) is 44.1 Å². The molecule has 0 aliphatic heterocycles. The molecule has 15 heavy (non-hydrogen) atoms. The van der Waals surface area contributed by atoms with Crippen LogP contribution >= 0.6 is 15.9 Å². The Bertz CT molecular complexity index is 372. The first-order chi connectivity index (χ1) is 7.04. The van der Waals surface area contributed by atoms with Crippen LogP contribution in [0.5, 0.6) is 0 Å². The van der Waals surface area contributed by atoms with Crippen LogP contribution in [0.4, 0.5) is 0 Å². The quantitative estimate of drug-likeness (QED) is 0.917. The summed E-state index contributed by atoms with van der Waals surface area (Å²) in [6.07, 6.45) is 4.31. The molecule has 0 atom stereocenters. The Morgan fingerprint density at radius 1 is 1.53 bits per heavy atom. The van der Waals surface area contributed by atoms with Crippen molar-refractivity contribution in [1.29, 1.82) is 0 Å². The monoisotopic (exact) mass is 269 g/mol. The Kier molecular flexibility index (Phi) is 2.81. The smallest absolute Gasteiger partial charge is 0.131 e. The fourth-order valence-corrected chi connectivity index (χ4v) is 2.22. The Morgan fingerprint density at radius 2 is 2.20 bits per heavy atom. The zero-order valence-corrected chi connectivity index (χ0v) is 10.7. The third kappa shape index (κ3) is 2.21. The SMILES string of the molecule is CC(C)(CN)c1nc(C2CC2)ncc1Br. The summed E-state index contributed by atoms with van der Waals surface area (Å²) >= 11 is 3.50. The Labute approximate surface area is 98.6 Å². The molecule has 0 amide bonds. The average molecular weight is 270 g/mol. The first-order valence-electron chi connectivity index (χ1n) is 5.27. The second-order valence-corrected chi connectivity index (χ2v) is 5.64. The first-order valence-corrected chi connectivity index (χ1v) is 6.07. The van der Waals surface area contributed by atoms with Crippen molar-refractivity contribution in [3.8, 4) is 0 Å². The van der Waals surface area contributed by atoms with Gasteiger partial charge in [-0.1, -0.05) is 13.8 Å². The maximum atomic E-state index is 5.77. The average Bonchev–Trinajstić information content (AvgIpc) is 3.02. The molecule has 1 aromatic heterocycles. The van der Waals surface area contributed by atoms with Gasteiger partial charge in [0.15, 0.2) is 0 Å². The second-order valence-electron chi connectivity index (χ2n) is 4.79. The summed E-state index contributed by atoms with van der Waals surface area (Å²) in [5.74, 6) is 1.57. The highest BCUT2D eigenvalue weighted by atomic mass is 79.9. The van der Waals surface area contributed by atoms with E-state index in [4.69, 9.17) is 5.73 Å². The minimum atomic E-state index is -0.0919. The Morgan fingerprint density at radius 3 is 2.73 bits per heavy atom. The molecule has 1 aliphatic carbocycles. The molecule has 0 aromatic carbocycles. The van der Waals surface area contributed by atoms with Crippen molar-refractivity contribution in [2.24, 2.45) is 5.73 Å². The van der Waals surface area contributed by atoms with Crippen molar-refractivity contribution in [1.82, 2.24) is 9.97 Å². The lowest BCUT2D eigenvalue weighted by atomic mass is 9.89. The number of hydrogen-bond donors (Lipinski definition) is 1. The highest BCUT2D eigenvalue weighted by Gasteiger charge is 2.30. The molecular weight excluding hydrogens is 254 g/mol. The molecule has 2 rings (SSSR count). The zero-order valence-electron chi connectivity index (χ0n) is 9.13. The van der Waals surface area contributed by atoms with E-state index in [1.54, 1.807) is 0 Å². The number of nitrogens with two attached hydrogens (primary N) is 1. The third-order valence-electron chi connectivity index (χ3n) is 2.86. The van der Waals surface area contributed by atoms with E-state index in [1.165, 1.54) is 12.8 Å². The molecule has 1 heterocycles. The second kappa shape index (κ2) is 3.83. The summed E-state index contributed by atoms with van der Waals surface area (Å²) < 4.78 is 0.961. The summed E-state index contributed by atoms with van der Waals surface area (Å²) in [6, 6.07) is 0. The summed E-state index contributed by atoms with van der Waals surface area (Å²) in [7, 11) is 0. The molecule has 0 spiro atoms. The summed E-state index contributed by atoms with van der Waals surface area (Å²) in [5, 5.41) is 0. The van der Waals surface area contributed by atoms with Crippen LogP contribution < -0.4 is 5.73 Å². The van der Waals surface area contributed by atoms with Crippen molar-refractivity contribution >= 4 is 15.9 Å². The van der Waals surface area contributed by atoms with E-state index >= 15 is 0 Å². The van der Waals surface area contributed by atoms with Gasteiger partial charge in [-0.2, -0.15) is 0 Å². The fraction of sp³-hybridized carbons (Fsp3) is 0.636. The van der Waals surface area contributed by atoms with Crippen molar-refractivity contribution in [2.45, 2.75) is 38.0 Å². The molecule has 1 aromatic rings. The summed E-state index contributed by atoms with van der Waals surface area (Å²) in [5.41, 5.74) is 6.71. The maximum Gasteiger partial charge on any atom is 0.131 e. The van der Waals surface area contributed by atoms with Gasteiger partial charge in [0.05, 0.1) is 10.2 Å². The van der Waals surface area contributed by atoms with E-state index in [1.807, 2.05) is 6.20 Å². The highest BCUT2D eigenvalue weighted by molar-refractivity contribution is 9.10. The van der Waals surface area contributed by atoms with Crippen LogP contribution in [0.25, 0.3) is 0 Å². The molecule has 1 aliphatic rings. The summed E-state index contributed by atoms with van der Waals surface area (Å²) in [4.78, 5) is 8.99. The van der Waals surface area contributed by atoms with Crippen molar-refractivity contribution in [2.75, 3.05) is 6.54 Å². The minimum Gasteiger partial charge on any atom is -0.330 e. The fourth-order valence-electron chi connectivity index (χ4n) is 1.49. The predicted molar refractivity (Wildman–Crippen MR) is 63.8 cm³/mol. The van der Waals surface area contributed by atoms with E-state index in [2.05, 4.69) is 39.7 Å². The van der Waals surface area contributed by atoms with E-state index in [0.29, 0.717) is 12.5 Å². The van der Waals surface area contributed by atoms with Crippen molar-refractivity contribution < 1.29 is 0 Å². The van der Waals surface area contributed by atoms with Crippen LogP contribution in [-0.2, 0) is 5.41 Å². The molecular formula is C11H16BrN3. The van der Waals surface area contributed by atoms with Crippen molar-refractivity contribution in [3.63, 3.8) is 0 Å². The Balaban J connectivity index is 2.40. The maximum absolute atomic E-state index is 5.77. The predicted octanol–water partition coefficient (Wildman–Crippen LogP) is 2.35. The molecule has 0 saturated heterocycles. The Hall–Kier alpha value is -0.480. The molecule has 2 N–H and O–H groups in total. The lowest BCUT2D eigenvalue weighted by molar-refractivity contribution is 0.513. The lowest BCUT2D eigenvalue weighted by Crippen LogP contribution is -2.30. The standard InChI is InChI=1S/C11H16BrN3/c1-11(2,6-13)9-8(12)5-14-10(15-9)7-3-4-7/h5,7H,3-4,6,13H2,1-2H3. The van der Waals surface area contributed by atoms with E-state index in [0.717, 1.165) is 16.0 Å². The normalized spacial score (nSPS) is 16.8. The van der Waals surface area contributed by atoms with Gasteiger partial charge in [0.2, 0.25) is 0 Å². The number of aromatic nitrogens is 2. The van der Waals surface area contributed by atoms with E-state index in [9.17, 15) is 0 Å². The van der Waals surface area contributed by atoms with Gasteiger partial charge in [0, 0.05) is 24.1 Å².